The normalized spacial score (nSPS) is 35.9. The van der Waals surface area contributed by atoms with E-state index < -0.39 is 0 Å². The summed E-state index contributed by atoms with van der Waals surface area (Å²) in [7, 11) is 0. The zero-order chi connectivity index (χ0) is 8.55. The molecule has 2 heteroatoms. The average molecular weight is 164 g/mol. The Morgan fingerprint density at radius 3 is 2.17 bits per heavy atom. The molecule has 12 heavy (non-hydrogen) atoms. The molecule has 0 aromatic carbocycles. The molecule has 0 aromatic rings. The molecule has 0 saturated heterocycles. The second-order valence-electron chi connectivity index (χ2n) is 3.20. The first kappa shape index (κ1) is 7.59. The van der Waals surface area contributed by atoms with E-state index in [1.54, 1.807) is 0 Å². The molecular weight excluding hydrogens is 152 g/mol. The van der Waals surface area contributed by atoms with Crippen LogP contribution in [0.2, 0.25) is 0 Å². The van der Waals surface area contributed by atoms with E-state index in [-0.39, 0.29) is 11.9 Å². The van der Waals surface area contributed by atoms with Gasteiger partial charge in [-0.3, -0.25) is 4.79 Å². The summed E-state index contributed by atoms with van der Waals surface area (Å²) in [6, 6.07) is 0. The smallest absolute Gasteiger partial charge is 0.310 e. The third-order valence-corrected chi connectivity index (χ3v) is 2.50. The molecule has 2 rings (SSSR count). The van der Waals surface area contributed by atoms with Gasteiger partial charge in [0.15, 0.2) is 0 Å². The molecule has 0 aliphatic heterocycles. The first-order valence-electron chi connectivity index (χ1n) is 4.36. The maximum absolute atomic E-state index is 11.4. The highest BCUT2D eigenvalue weighted by atomic mass is 16.5. The van der Waals surface area contributed by atoms with E-state index in [0.717, 1.165) is 0 Å². The highest BCUT2D eigenvalue weighted by Crippen LogP contribution is 2.39. The molecule has 0 N–H and O–H groups in total. The summed E-state index contributed by atoms with van der Waals surface area (Å²) in [6.07, 6.45) is 8.36. The van der Waals surface area contributed by atoms with Crippen molar-refractivity contribution < 1.29 is 9.53 Å². The fourth-order valence-corrected chi connectivity index (χ4v) is 1.93. The lowest BCUT2D eigenvalue weighted by Crippen LogP contribution is -2.22. The van der Waals surface area contributed by atoms with Gasteiger partial charge in [0.05, 0.1) is 12.5 Å². The highest BCUT2D eigenvalue weighted by Gasteiger charge is 2.39. The fourth-order valence-electron chi connectivity index (χ4n) is 1.93. The van der Waals surface area contributed by atoms with Gasteiger partial charge in [0.1, 0.15) is 0 Å². The number of hydrogen-bond donors (Lipinski definition) is 0. The molecule has 0 unspecified atom stereocenters. The fraction of sp³-hybridized carbons (Fsp3) is 0.500. The number of rotatable bonds is 2. The van der Waals surface area contributed by atoms with Crippen LogP contribution in [0.4, 0.5) is 0 Å². The largest absolute Gasteiger partial charge is 0.466 e. The van der Waals surface area contributed by atoms with E-state index in [2.05, 4.69) is 24.3 Å². The standard InChI is InChI=1S/C10H12O2/c1-2-12-10(11)9-7-3-4-8(9)6-5-7/h3-9H,2H2,1H3. The van der Waals surface area contributed by atoms with Gasteiger partial charge in [-0.25, -0.2) is 0 Å². The van der Waals surface area contributed by atoms with Crippen LogP contribution in [-0.4, -0.2) is 12.6 Å². The van der Waals surface area contributed by atoms with Crippen LogP contribution < -0.4 is 0 Å². The van der Waals surface area contributed by atoms with Crippen LogP contribution in [0.5, 0.6) is 0 Å². The first-order chi connectivity index (χ1) is 5.83. The number of fused-ring (bicyclic) bond motifs is 2. The van der Waals surface area contributed by atoms with E-state index in [4.69, 9.17) is 4.74 Å². The molecule has 64 valence electrons. The van der Waals surface area contributed by atoms with Gasteiger partial charge in [-0.2, -0.15) is 0 Å². The van der Waals surface area contributed by atoms with Crippen LogP contribution in [0.3, 0.4) is 0 Å². The predicted octanol–water partition coefficient (Wildman–Crippen LogP) is 1.54. The van der Waals surface area contributed by atoms with Gasteiger partial charge in [-0.05, 0) is 6.92 Å². The molecule has 0 radical (unpaired) electrons. The Labute approximate surface area is 71.9 Å². The topological polar surface area (TPSA) is 26.3 Å². The molecule has 0 amide bonds. The number of ether oxygens (including phenoxy) is 1. The van der Waals surface area contributed by atoms with E-state index in [9.17, 15) is 4.79 Å². The van der Waals surface area contributed by atoms with Crippen LogP contribution >= 0.6 is 0 Å². The molecule has 2 bridgehead atoms. The molecule has 2 nitrogen and oxygen atoms in total. The van der Waals surface area contributed by atoms with Crippen molar-refractivity contribution in [3.05, 3.63) is 24.3 Å². The van der Waals surface area contributed by atoms with E-state index >= 15 is 0 Å². The van der Waals surface area contributed by atoms with Crippen LogP contribution in [-0.2, 0) is 9.53 Å². The Bertz CT molecular complexity index is 223. The highest BCUT2D eigenvalue weighted by molar-refractivity contribution is 5.76. The summed E-state index contributed by atoms with van der Waals surface area (Å²) < 4.78 is 4.99. The van der Waals surface area contributed by atoms with Gasteiger partial charge < -0.3 is 4.74 Å². The van der Waals surface area contributed by atoms with Crippen molar-refractivity contribution in [2.24, 2.45) is 17.8 Å². The number of carbonyl (C=O) groups excluding carboxylic acids is 1. The van der Waals surface area contributed by atoms with Crippen molar-refractivity contribution in [1.29, 1.82) is 0 Å². The van der Waals surface area contributed by atoms with Gasteiger partial charge >= 0.3 is 5.97 Å². The van der Waals surface area contributed by atoms with Crippen LogP contribution in [0, 0.1) is 17.8 Å². The molecule has 0 spiro atoms. The molecule has 0 aromatic heterocycles. The third kappa shape index (κ3) is 0.986. The number of esters is 1. The maximum Gasteiger partial charge on any atom is 0.310 e. The predicted molar refractivity (Wildman–Crippen MR) is 45.4 cm³/mol. The molecular formula is C10H12O2. The number of hydrogen-bond acceptors (Lipinski definition) is 2. The third-order valence-electron chi connectivity index (χ3n) is 2.50. The Kier molecular flexibility index (Phi) is 1.75. The summed E-state index contributed by atoms with van der Waals surface area (Å²) in [5, 5.41) is 0. The Morgan fingerprint density at radius 2 is 1.75 bits per heavy atom. The van der Waals surface area contributed by atoms with Crippen LogP contribution in [0.15, 0.2) is 24.3 Å². The van der Waals surface area contributed by atoms with Gasteiger partial charge in [-0.15, -0.1) is 0 Å². The van der Waals surface area contributed by atoms with Gasteiger partial charge in [0.25, 0.3) is 0 Å². The number of allylic oxidation sites excluding steroid dienone is 4. The number of carbonyl (C=O) groups is 1. The summed E-state index contributed by atoms with van der Waals surface area (Å²) in [6.45, 7) is 2.32. The second-order valence-corrected chi connectivity index (χ2v) is 3.20. The quantitative estimate of drug-likeness (QED) is 0.457. The molecule has 0 atom stereocenters. The SMILES string of the molecule is CCOC(=O)C1C2C=CC1C=C2. The second kappa shape index (κ2) is 2.77. The zero-order valence-electron chi connectivity index (χ0n) is 7.07. The van der Waals surface area contributed by atoms with Crippen molar-refractivity contribution in [2.75, 3.05) is 6.61 Å². The lowest BCUT2D eigenvalue weighted by Gasteiger charge is -2.13. The van der Waals surface area contributed by atoms with E-state index in [1.807, 2.05) is 6.92 Å². The minimum Gasteiger partial charge on any atom is -0.466 e. The summed E-state index contributed by atoms with van der Waals surface area (Å²) in [5.41, 5.74) is 0. The van der Waals surface area contributed by atoms with Crippen molar-refractivity contribution >= 4 is 5.97 Å². The summed E-state index contributed by atoms with van der Waals surface area (Å²) in [4.78, 5) is 11.4. The lowest BCUT2D eigenvalue weighted by molar-refractivity contribution is -0.149. The van der Waals surface area contributed by atoms with Gasteiger partial charge in [0, 0.05) is 11.8 Å². The minimum atomic E-state index is -0.0532. The maximum atomic E-state index is 11.4. The molecule has 0 fully saturated rings. The molecule has 2 aliphatic carbocycles. The van der Waals surface area contributed by atoms with Gasteiger partial charge in [0.2, 0.25) is 0 Å². The molecule has 0 heterocycles. The Morgan fingerprint density at radius 1 is 1.25 bits per heavy atom. The Hall–Kier alpha value is -1.05. The monoisotopic (exact) mass is 164 g/mol. The minimum absolute atomic E-state index is 0.0462. The zero-order valence-corrected chi connectivity index (χ0v) is 7.07. The van der Waals surface area contributed by atoms with Crippen molar-refractivity contribution in [1.82, 2.24) is 0 Å². The Balaban J connectivity index is 2.04. The summed E-state index contributed by atoms with van der Waals surface area (Å²) in [5.74, 6) is 0.593. The van der Waals surface area contributed by atoms with Crippen molar-refractivity contribution in [3.63, 3.8) is 0 Å². The molecule has 2 aliphatic rings. The van der Waals surface area contributed by atoms with Crippen LogP contribution in [0.25, 0.3) is 0 Å². The van der Waals surface area contributed by atoms with Gasteiger partial charge in [-0.1, -0.05) is 24.3 Å². The first-order valence-corrected chi connectivity index (χ1v) is 4.36. The van der Waals surface area contributed by atoms with E-state index in [0.29, 0.717) is 18.4 Å². The van der Waals surface area contributed by atoms with Crippen molar-refractivity contribution in [3.8, 4) is 0 Å². The molecule has 0 saturated carbocycles. The van der Waals surface area contributed by atoms with Crippen LogP contribution in [0.1, 0.15) is 6.92 Å². The van der Waals surface area contributed by atoms with Crippen molar-refractivity contribution in [2.45, 2.75) is 6.92 Å². The lowest BCUT2D eigenvalue weighted by atomic mass is 9.95. The van der Waals surface area contributed by atoms with E-state index in [1.165, 1.54) is 0 Å². The average Bonchev–Trinajstić information content (AvgIpc) is 2.62. The summed E-state index contributed by atoms with van der Waals surface area (Å²) >= 11 is 0.